The van der Waals surface area contributed by atoms with E-state index >= 15 is 0 Å². The second-order valence-electron chi connectivity index (χ2n) is 3.43. The van der Waals surface area contributed by atoms with E-state index in [1.165, 1.54) is 0 Å². The minimum absolute atomic E-state index is 0.200. The van der Waals surface area contributed by atoms with Crippen LogP contribution >= 0.6 is 11.8 Å². The number of hydrogen-bond acceptors (Lipinski definition) is 3. The fraction of sp³-hybridized carbons (Fsp3) is 1.00. The van der Waals surface area contributed by atoms with E-state index in [0.717, 1.165) is 12.3 Å². The molecular formula is C9H21NOS. The summed E-state index contributed by atoms with van der Waals surface area (Å²) in [6, 6.07) is 0.562. The highest BCUT2D eigenvalue weighted by Gasteiger charge is 2.07. The van der Waals surface area contributed by atoms with Crippen molar-refractivity contribution in [3.05, 3.63) is 0 Å². The minimum atomic E-state index is -0.200. The lowest BCUT2D eigenvalue weighted by Crippen LogP contribution is -2.26. The quantitative estimate of drug-likeness (QED) is 0.624. The zero-order chi connectivity index (χ0) is 9.56. The van der Waals surface area contributed by atoms with Crippen LogP contribution in [0.3, 0.4) is 0 Å². The van der Waals surface area contributed by atoms with Crippen LogP contribution in [0, 0.1) is 0 Å². The predicted octanol–water partition coefficient (Wildman–Crippen LogP) is 1.49. The number of nitrogens with one attached hydrogen (secondary N) is 1. The van der Waals surface area contributed by atoms with Gasteiger partial charge in [0, 0.05) is 23.6 Å². The topological polar surface area (TPSA) is 32.3 Å². The number of hydrogen-bond donors (Lipinski definition) is 2. The van der Waals surface area contributed by atoms with Gasteiger partial charge in [-0.3, -0.25) is 0 Å². The van der Waals surface area contributed by atoms with Crippen molar-refractivity contribution in [2.75, 3.05) is 12.3 Å². The van der Waals surface area contributed by atoms with E-state index in [9.17, 15) is 5.11 Å². The molecule has 0 saturated carbocycles. The molecule has 0 heterocycles. The molecule has 0 spiro atoms. The summed E-state index contributed by atoms with van der Waals surface area (Å²) >= 11 is 1.81. The molecule has 0 saturated heterocycles. The van der Waals surface area contributed by atoms with Gasteiger partial charge in [0.1, 0.15) is 0 Å². The Kier molecular flexibility index (Phi) is 6.90. The molecule has 0 aliphatic carbocycles. The molecule has 2 unspecified atom stereocenters. The Balaban J connectivity index is 3.20. The smallest absolute Gasteiger partial charge is 0.0627 e. The maximum absolute atomic E-state index is 9.19. The van der Waals surface area contributed by atoms with Gasteiger partial charge >= 0.3 is 0 Å². The van der Waals surface area contributed by atoms with E-state index in [4.69, 9.17) is 0 Å². The summed E-state index contributed by atoms with van der Waals surface area (Å²) in [6.45, 7) is 9.21. The lowest BCUT2D eigenvalue weighted by atomic mass is 10.3. The van der Waals surface area contributed by atoms with Gasteiger partial charge in [0.05, 0.1) is 6.10 Å². The molecule has 0 rings (SSSR count). The van der Waals surface area contributed by atoms with E-state index in [1.807, 2.05) is 18.7 Å². The molecule has 0 fully saturated rings. The van der Waals surface area contributed by atoms with Crippen LogP contribution in [0.2, 0.25) is 0 Å². The summed E-state index contributed by atoms with van der Waals surface area (Å²) in [4.78, 5) is 0. The summed E-state index contributed by atoms with van der Waals surface area (Å²) in [7, 11) is 0. The second kappa shape index (κ2) is 6.75. The maximum atomic E-state index is 9.19. The molecule has 2 atom stereocenters. The van der Waals surface area contributed by atoms with E-state index in [2.05, 4.69) is 26.1 Å². The fourth-order valence-corrected chi connectivity index (χ4v) is 1.62. The Labute approximate surface area is 80.1 Å². The van der Waals surface area contributed by atoms with Gasteiger partial charge in [0.25, 0.3) is 0 Å². The van der Waals surface area contributed by atoms with Crippen LogP contribution in [0.15, 0.2) is 0 Å². The first-order valence-electron chi connectivity index (χ1n) is 4.57. The summed E-state index contributed by atoms with van der Waals surface area (Å²) < 4.78 is 0. The third-order valence-corrected chi connectivity index (χ3v) is 3.07. The Morgan fingerprint density at radius 2 is 1.83 bits per heavy atom. The van der Waals surface area contributed by atoms with Crippen LogP contribution in [-0.2, 0) is 0 Å². The Morgan fingerprint density at radius 3 is 2.25 bits per heavy atom. The molecule has 0 aliphatic rings. The molecule has 3 heteroatoms. The van der Waals surface area contributed by atoms with Gasteiger partial charge in [-0.25, -0.2) is 0 Å². The number of rotatable bonds is 6. The van der Waals surface area contributed by atoms with Gasteiger partial charge in [0.2, 0.25) is 0 Å². The lowest BCUT2D eigenvalue weighted by molar-refractivity contribution is 0.196. The summed E-state index contributed by atoms with van der Waals surface area (Å²) in [5.74, 6) is 1.07. The van der Waals surface area contributed by atoms with Crippen LogP contribution < -0.4 is 5.32 Å². The van der Waals surface area contributed by atoms with Crippen molar-refractivity contribution in [3.63, 3.8) is 0 Å². The molecule has 2 N–H and O–H groups in total. The van der Waals surface area contributed by atoms with Crippen LogP contribution in [0.4, 0.5) is 0 Å². The standard InChI is InChI=1S/C9H21NOS/c1-7(2)10-5-6-12-9(4)8(3)11/h7-11H,5-6H2,1-4H3. The molecule has 74 valence electrons. The van der Waals surface area contributed by atoms with Crippen molar-refractivity contribution >= 4 is 11.8 Å². The van der Waals surface area contributed by atoms with Gasteiger partial charge in [-0.1, -0.05) is 20.8 Å². The minimum Gasteiger partial charge on any atom is -0.392 e. The average molecular weight is 191 g/mol. The number of aliphatic hydroxyl groups is 1. The van der Waals surface area contributed by atoms with E-state index in [-0.39, 0.29) is 6.10 Å². The Bertz CT molecular complexity index is 107. The van der Waals surface area contributed by atoms with Crippen molar-refractivity contribution in [2.45, 2.75) is 45.1 Å². The average Bonchev–Trinajstić information content (AvgIpc) is 1.97. The first-order valence-corrected chi connectivity index (χ1v) is 5.62. The van der Waals surface area contributed by atoms with Crippen LogP contribution in [0.25, 0.3) is 0 Å². The third kappa shape index (κ3) is 6.95. The monoisotopic (exact) mass is 191 g/mol. The van der Waals surface area contributed by atoms with Gasteiger partial charge in [-0.2, -0.15) is 11.8 Å². The Hall–Kier alpha value is 0.270. The molecule has 0 radical (unpaired) electrons. The number of aliphatic hydroxyl groups excluding tert-OH is 1. The summed E-state index contributed by atoms with van der Waals surface area (Å²) in [5, 5.41) is 12.9. The normalized spacial score (nSPS) is 16.5. The predicted molar refractivity (Wildman–Crippen MR) is 56.7 cm³/mol. The SMILES string of the molecule is CC(C)NCCSC(C)C(C)O. The van der Waals surface area contributed by atoms with E-state index in [0.29, 0.717) is 11.3 Å². The van der Waals surface area contributed by atoms with Crippen molar-refractivity contribution in [1.29, 1.82) is 0 Å². The molecule has 0 aromatic rings. The van der Waals surface area contributed by atoms with Crippen LogP contribution in [0.5, 0.6) is 0 Å². The largest absolute Gasteiger partial charge is 0.392 e. The van der Waals surface area contributed by atoms with Crippen molar-refractivity contribution in [1.82, 2.24) is 5.32 Å². The summed E-state index contributed by atoms with van der Waals surface area (Å²) in [6.07, 6.45) is -0.200. The molecule has 0 aromatic heterocycles. The second-order valence-corrected chi connectivity index (χ2v) is 4.91. The van der Waals surface area contributed by atoms with Crippen LogP contribution in [-0.4, -0.2) is 34.8 Å². The highest BCUT2D eigenvalue weighted by atomic mass is 32.2. The summed E-state index contributed by atoms with van der Waals surface area (Å²) in [5.41, 5.74) is 0. The van der Waals surface area contributed by atoms with Gasteiger partial charge in [-0.15, -0.1) is 0 Å². The molecular weight excluding hydrogens is 170 g/mol. The molecule has 12 heavy (non-hydrogen) atoms. The van der Waals surface area contributed by atoms with Crippen molar-refractivity contribution < 1.29 is 5.11 Å². The van der Waals surface area contributed by atoms with Crippen LogP contribution in [0.1, 0.15) is 27.7 Å². The lowest BCUT2D eigenvalue weighted by Gasteiger charge is -2.14. The fourth-order valence-electron chi connectivity index (χ4n) is 0.732. The first kappa shape index (κ1) is 12.3. The maximum Gasteiger partial charge on any atom is 0.0627 e. The highest BCUT2D eigenvalue weighted by molar-refractivity contribution is 7.99. The van der Waals surface area contributed by atoms with Gasteiger partial charge in [0.15, 0.2) is 0 Å². The van der Waals surface area contributed by atoms with Crippen molar-refractivity contribution in [2.24, 2.45) is 0 Å². The number of thioether (sulfide) groups is 1. The van der Waals surface area contributed by atoms with E-state index < -0.39 is 0 Å². The Morgan fingerprint density at radius 1 is 1.25 bits per heavy atom. The zero-order valence-corrected chi connectivity index (χ0v) is 9.32. The first-order chi connectivity index (χ1) is 5.54. The highest BCUT2D eigenvalue weighted by Crippen LogP contribution is 2.12. The third-order valence-electron chi connectivity index (χ3n) is 1.71. The molecule has 0 amide bonds. The molecule has 0 bridgehead atoms. The van der Waals surface area contributed by atoms with Gasteiger partial charge in [-0.05, 0) is 6.92 Å². The molecule has 2 nitrogen and oxygen atoms in total. The van der Waals surface area contributed by atoms with Crippen molar-refractivity contribution in [3.8, 4) is 0 Å². The molecule has 0 aliphatic heterocycles. The van der Waals surface area contributed by atoms with Gasteiger partial charge < -0.3 is 10.4 Å². The molecule has 0 aromatic carbocycles. The van der Waals surface area contributed by atoms with E-state index in [1.54, 1.807) is 0 Å². The zero-order valence-electron chi connectivity index (χ0n) is 8.50.